The fourth-order valence-electron chi connectivity index (χ4n) is 2.63. The molecule has 1 aliphatic heterocycles. The standard InChI is InChI=1S/C17H26N4O2.ClH/c18-10-4-2-1-3-9-16(22)20-14-7-5-8-15(13-14)21-12-6-11-19-17(21)23;/h5,7-8,13H,1-4,6,9-12,18H2,(H,19,23)(H,20,22);1H. The number of amides is 3. The van der Waals surface area contributed by atoms with Gasteiger partial charge in [0.05, 0.1) is 0 Å². The van der Waals surface area contributed by atoms with Gasteiger partial charge in [-0.3, -0.25) is 9.69 Å². The number of benzene rings is 1. The number of unbranched alkanes of at least 4 members (excludes halogenated alkanes) is 3. The van der Waals surface area contributed by atoms with E-state index >= 15 is 0 Å². The van der Waals surface area contributed by atoms with E-state index in [2.05, 4.69) is 10.6 Å². The Hall–Kier alpha value is -1.79. The number of nitrogens with one attached hydrogen (secondary N) is 2. The largest absolute Gasteiger partial charge is 0.338 e. The van der Waals surface area contributed by atoms with E-state index in [1.165, 1.54) is 0 Å². The summed E-state index contributed by atoms with van der Waals surface area (Å²) in [6, 6.07) is 7.34. The Labute approximate surface area is 149 Å². The van der Waals surface area contributed by atoms with E-state index in [4.69, 9.17) is 5.73 Å². The number of rotatable bonds is 8. The summed E-state index contributed by atoms with van der Waals surface area (Å²) >= 11 is 0. The Morgan fingerprint density at radius 3 is 2.79 bits per heavy atom. The summed E-state index contributed by atoms with van der Waals surface area (Å²) < 4.78 is 0. The maximum absolute atomic E-state index is 12.0. The number of nitrogens with zero attached hydrogens (tertiary/aromatic N) is 1. The van der Waals surface area contributed by atoms with E-state index in [0.29, 0.717) is 19.5 Å². The second-order valence-corrected chi connectivity index (χ2v) is 5.79. The van der Waals surface area contributed by atoms with Gasteiger partial charge in [-0.05, 0) is 44.0 Å². The number of hydrogen-bond acceptors (Lipinski definition) is 3. The highest BCUT2D eigenvalue weighted by Crippen LogP contribution is 2.21. The third-order valence-corrected chi connectivity index (χ3v) is 3.88. The lowest BCUT2D eigenvalue weighted by Gasteiger charge is -2.27. The van der Waals surface area contributed by atoms with Crippen molar-refractivity contribution in [1.29, 1.82) is 0 Å². The molecule has 0 radical (unpaired) electrons. The van der Waals surface area contributed by atoms with Crippen LogP contribution in [-0.4, -0.2) is 31.6 Å². The number of hydrogen-bond donors (Lipinski definition) is 3. The van der Waals surface area contributed by atoms with Crippen molar-refractivity contribution >= 4 is 35.7 Å². The number of anilines is 2. The van der Waals surface area contributed by atoms with Crippen LogP contribution >= 0.6 is 12.4 Å². The second kappa shape index (κ2) is 10.9. The fraction of sp³-hybridized carbons (Fsp3) is 0.529. The van der Waals surface area contributed by atoms with E-state index in [9.17, 15) is 9.59 Å². The summed E-state index contributed by atoms with van der Waals surface area (Å²) in [7, 11) is 0. The Morgan fingerprint density at radius 2 is 2.04 bits per heavy atom. The van der Waals surface area contributed by atoms with Gasteiger partial charge < -0.3 is 16.4 Å². The molecule has 3 amide bonds. The number of carbonyl (C=O) groups is 2. The molecule has 0 saturated carbocycles. The minimum absolute atomic E-state index is 0. The molecular weight excluding hydrogens is 328 g/mol. The van der Waals surface area contributed by atoms with Gasteiger partial charge in [0.15, 0.2) is 0 Å². The number of carbonyl (C=O) groups excluding carboxylic acids is 2. The first-order chi connectivity index (χ1) is 11.2. The summed E-state index contributed by atoms with van der Waals surface area (Å²) in [4.78, 5) is 25.5. The average molecular weight is 355 g/mol. The van der Waals surface area contributed by atoms with Crippen LogP contribution in [0, 0.1) is 0 Å². The molecular formula is C17H27ClN4O2. The summed E-state index contributed by atoms with van der Waals surface area (Å²) in [6.45, 7) is 2.13. The lowest BCUT2D eigenvalue weighted by Crippen LogP contribution is -2.46. The first kappa shape index (κ1) is 20.3. The molecule has 7 heteroatoms. The summed E-state index contributed by atoms with van der Waals surface area (Å²) in [5.74, 6) is 0.0120. The van der Waals surface area contributed by atoms with E-state index < -0.39 is 0 Å². The zero-order valence-electron chi connectivity index (χ0n) is 13.9. The molecule has 1 aromatic rings. The molecule has 1 aromatic carbocycles. The summed E-state index contributed by atoms with van der Waals surface area (Å²) in [5, 5.41) is 5.73. The molecule has 134 valence electrons. The van der Waals surface area contributed by atoms with Crippen LogP contribution < -0.4 is 21.3 Å². The highest BCUT2D eigenvalue weighted by molar-refractivity contribution is 5.95. The Bertz CT molecular complexity index is 539. The molecule has 1 aliphatic rings. The van der Waals surface area contributed by atoms with Crippen molar-refractivity contribution in [3.05, 3.63) is 24.3 Å². The van der Waals surface area contributed by atoms with Gasteiger partial charge in [0.1, 0.15) is 0 Å². The van der Waals surface area contributed by atoms with Gasteiger partial charge in [0.2, 0.25) is 5.91 Å². The van der Waals surface area contributed by atoms with Crippen LogP contribution in [0.1, 0.15) is 38.5 Å². The van der Waals surface area contributed by atoms with E-state index in [1.54, 1.807) is 4.90 Å². The molecule has 1 heterocycles. The first-order valence-electron chi connectivity index (χ1n) is 8.36. The fourth-order valence-corrected chi connectivity index (χ4v) is 2.63. The van der Waals surface area contributed by atoms with Crippen LogP contribution in [0.25, 0.3) is 0 Å². The van der Waals surface area contributed by atoms with Gasteiger partial charge in [0, 0.05) is 30.9 Å². The van der Waals surface area contributed by atoms with Crippen LogP contribution in [0.15, 0.2) is 24.3 Å². The van der Waals surface area contributed by atoms with E-state index in [0.717, 1.165) is 50.0 Å². The van der Waals surface area contributed by atoms with E-state index in [-0.39, 0.29) is 24.3 Å². The molecule has 0 aliphatic carbocycles. The van der Waals surface area contributed by atoms with Crippen molar-refractivity contribution in [2.75, 3.05) is 29.9 Å². The van der Waals surface area contributed by atoms with Crippen LogP contribution in [0.3, 0.4) is 0 Å². The molecule has 1 fully saturated rings. The maximum Gasteiger partial charge on any atom is 0.321 e. The highest BCUT2D eigenvalue weighted by Gasteiger charge is 2.19. The van der Waals surface area contributed by atoms with Gasteiger partial charge in [-0.15, -0.1) is 12.4 Å². The van der Waals surface area contributed by atoms with Crippen LogP contribution in [0.4, 0.5) is 16.2 Å². The van der Waals surface area contributed by atoms with Crippen molar-refractivity contribution in [2.45, 2.75) is 38.5 Å². The molecule has 24 heavy (non-hydrogen) atoms. The van der Waals surface area contributed by atoms with Crippen LogP contribution in [0.5, 0.6) is 0 Å². The second-order valence-electron chi connectivity index (χ2n) is 5.79. The summed E-state index contributed by atoms with van der Waals surface area (Å²) in [6.07, 6.45) is 5.42. The van der Waals surface area contributed by atoms with Gasteiger partial charge in [-0.25, -0.2) is 4.79 Å². The molecule has 2 rings (SSSR count). The van der Waals surface area contributed by atoms with Gasteiger partial charge in [-0.1, -0.05) is 18.9 Å². The predicted molar refractivity (Wildman–Crippen MR) is 99.8 cm³/mol. The third kappa shape index (κ3) is 6.37. The van der Waals surface area contributed by atoms with Crippen LogP contribution in [-0.2, 0) is 4.79 Å². The SMILES string of the molecule is Cl.NCCCCCCC(=O)Nc1cccc(N2CCCNC2=O)c1. The lowest BCUT2D eigenvalue weighted by atomic mass is 10.1. The van der Waals surface area contributed by atoms with Crippen molar-refractivity contribution in [3.63, 3.8) is 0 Å². The molecule has 0 bridgehead atoms. The zero-order chi connectivity index (χ0) is 16.5. The topological polar surface area (TPSA) is 87.5 Å². The number of halogens is 1. The third-order valence-electron chi connectivity index (χ3n) is 3.88. The van der Waals surface area contributed by atoms with Gasteiger partial charge in [0.25, 0.3) is 0 Å². The maximum atomic E-state index is 12.0. The molecule has 6 nitrogen and oxygen atoms in total. The quantitative estimate of drug-likeness (QED) is 0.627. The van der Waals surface area contributed by atoms with Gasteiger partial charge >= 0.3 is 6.03 Å². The molecule has 0 unspecified atom stereocenters. The van der Waals surface area contributed by atoms with Crippen molar-refractivity contribution < 1.29 is 9.59 Å². The molecule has 4 N–H and O–H groups in total. The first-order valence-corrected chi connectivity index (χ1v) is 8.36. The molecule has 0 atom stereocenters. The van der Waals surface area contributed by atoms with Crippen molar-refractivity contribution in [3.8, 4) is 0 Å². The minimum Gasteiger partial charge on any atom is -0.338 e. The predicted octanol–water partition coefficient (Wildman–Crippen LogP) is 2.88. The molecule has 1 saturated heterocycles. The number of urea groups is 1. The van der Waals surface area contributed by atoms with Gasteiger partial charge in [-0.2, -0.15) is 0 Å². The molecule has 0 spiro atoms. The minimum atomic E-state index is -0.0837. The van der Waals surface area contributed by atoms with E-state index in [1.807, 2.05) is 24.3 Å². The van der Waals surface area contributed by atoms with Crippen molar-refractivity contribution in [1.82, 2.24) is 5.32 Å². The average Bonchev–Trinajstić information content (AvgIpc) is 2.55. The Kier molecular flexibility index (Phi) is 9.19. The zero-order valence-corrected chi connectivity index (χ0v) is 14.7. The Balaban J connectivity index is 0.00000288. The Morgan fingerprint density at radius 1 is 1.25 bits per heavy atom. The van der Waals surface area contributed by atoms with Crippen molar-refractivity contribution in [2.24, 2.45) is 5.73 Å². The smallest absolute Gasteiger partial charge is 0.321 e. The summed E-state index contributed by atoms with van der Waals surface area (Å²) in [5.41, 5.74) is 6.98. The molecule has 0 aromatic heterocycles. The number of nitrogens with two attached hydrogens (primary N) is 1. The van der Waals surface area contributed by atoms with Crippen LogP contribution in [0.2, 0.25) is 0 Å². The monoisotopic (exact) mass is 354 g/mol. The lowest BCUT2D eigenvalue weighted by molar-refractivity contribution is -0.116. The normalized spacial score (nSPS) is 13.9. The highest BCUT2D eigenvalue weighted by atomic mass is 35.5.